The number of aromatic carboxylic acids is 1. The average Bonchev–Trinajstić information content (AvgIpc) is 2.91. The van der Waals surface area contributed by atoms with Crippen LogP contribution in [0.1, 0.15) is 41.6 Å². The minimum absolute atomic E-state index is 0.142. The number of amides is 1. The van der Waals surface area contributed by atoms with E-state index in [9.17, 15) is 9.59 Å². The van der Waals surface area contributed by atoms with E-state index in [1.54, 1.807) is 19.1 Å². The van der Waals surface area contributed by atoms with Crippen molar-refractivity contribution in [1.29, 1.82) is 0 Å². The predicted octanol–water partition coefficient (Wildman–Crippen LogP) is 2.16. The Balaban J connectivity index is 1.90. The highest BCUT2D eigenvalue weighted by molar-refractivity contribution is 5.95. The van der Waals surface area contributed by atoms with Crippen molar-refractivity contribution < 1.29 is 14.7 Å². The van der Waals surface area contributed by atoms with E-state index in [2.05, 4.69) is 10.6 Å². The molecule has 0 unspecified atom stereocenters. The van der Waals surface area contributed by atoms with Crippen molar-refractivity contribution in [2.75, 3.05) is 11.9 Å². The third-order valence-corrected chi connectivity index (χ3v) is 3.66. The second-order valence-corrected chi connectivity index (χ2v) is 5.25. The molecule has 0 saturated heterocycles. The van der Waals surface area contributed by atoms with Crippen molar-refractivity contribution in [2.24, 2.45) is 0 Å². The number of nitrogens with one attached hydrogen (secondary N) is 2. The topological polar surface area (TPSA) is 78.4 Å². The molecule has 1 fully saturated rings. The van der Waals surface area contributed by atoms with Gasteiger partial charge in [0.1, 0.15) is 0 Å². The van der Waals surface area contributed by atoms with Crippen molar-refractivity contribution in [3.05, 3.63) is 29.3 Å². The van der Waals surface area contributed by atoms with Crippen LogP contribution in [-0.4, -0.2) is 29.6 Å². The number of hydrogen-bond donors (Lipinski definition) is 3. The second-order valence-electron chi connectivity index (χ2n) is 5.25. The third kappa shape index (κ3) is 3.81. The Morgan fingerprint density at radius 2 is 2.00 bits per heavy atom. The molecule has 0 spiro atoms. The Morgan fingerprint density at radius 1 is 1.30 bits per heavy atom. The molecule has 0 aliphatic heterocycles. The Morgan fingerprint density at radius 3 is 2.65 bits per heavy atom. The number of carbonyl (C=O) groups excluding carboxylic acids is 1. The molecule has 1 aromatic carbocycles. The first-order chi connectivity index (χ1) is 9.56. The van der Waals surface area contributed by atoms with E-state index in [1.807, 2.05) is 0 Å². The first-order valence-electron chi connectivity index (χ1n) is 6.93. The minimum atomic E-state index is -0.984. The Bertz CT molecular complexity index is 508. The number of benzene rings is 1. The highest BCUT2D eigenvalue weighted by Gasteiger charge is 2.15. The highest BCUT2D eigenvalue weighted by Crippen LogP contribution is 2.18. The van der Waals surface area contributed by atoms with E-state index in [4.69, 9.17) is 5.11 Å². The van der Waals surface area contributed by atoms with E-state index in [0.29, 0.717) is 17.3 Å². The molecule has 20 heavy (non-hydrogen) atoms. The quantitative estimate of drug-likeness (QED) is 0.770. The smallest absolute Gasteiger partial charge is 0.336 e. The summed E-state index contributed by atoms with van der Waals surface area (Å²) >= 11 is 0. The summed E-state index contributed by atoms with van der Waals surface area (Å²) < 4.78 is 0. The molecule has 0 aromatic heterocycles. The Labute approximate surface area is 118 Å². The van der Waals surface area contributed by atoms with Gasteiger partial charge >= 0.3 is 5.97 Å². The molecule has 0 radical (unpaired) electrons. The molecule has 3 N–H and O–H groups in total. The lowest BCUT2D eigenvalue weighted by atomic mass is 10.1. The van der Waals surface area contributed by atoms with Gasteiger partial charge in [0.2, 0.25) is 5.91 Å². The largest absolute Gasteiger partial charge is 0.478 e. The summed E-state index contributed by atoms with van der Waals surface area (Å²) in [6.07, 6.45) is 4.69. The lowest BCUT2D eigenvalue weighted by molar-refractivity contribution is -0.115. The van der Waals surface area contributed by atoms with Crippen molar-refractivity contribution in [1.82, 2.24) is 5.32 Å². The first kappa shape index (κ1) is 14.5. The summed E-state index contributed by atoms with van der Waals surface area (Å²) in [5, 5.41) is 15.0. The maximum absolute atomic E-state index is 11.8. The van der Waals surface area contributed by atoms with Crippen LogP contribution in [0.15, 0.2) is 18.2 Å². The molecule has 1 saturated carbocycles. The molecular weight excluding hydrogens is 256 g/mol. The molecule has 2 rings (SSSR count). The number of carboxylic acids is 1. The van der Waals surface area contributed by atoms with Crippen LogP contribution in [0.5, 0.6) is 0 Å². The van der Waals surface area contributed by atoms with Gasteiger partial charge in [-0.3, -0.25) is 4.79 Å². The normalized spacial score (nSPS) is 15.2. The summed E-state index contributed by atoms with van der Waals surface area (Å²) in [7, 11) is 0. The molecule has 5 nitrogen and oxygen atoms in total. The lowest BCUT2D eigenvalue weighted by Crippen LogP contribution is -2.34. The monoisotopic (exact) mass is 276 g/mol. The number of carboxylic acid groups (broad SMARTS) is 1. The third-order valence-electron chi connectivity index (χ3n) is 3.66. The van der Waals surface area contributed by atoms with Gasteiger partial charge < -0.3 is 15.7 Å². The van der Waals surface area contributed by atoms with E-state index in [-0.39, 0.29) is 18.0 Å². The fourth-order valence-corrected chi connectivity index (χ4v) is 2.50. The fraction of sp³-hybridized carbons (Fsp3) is 0.467. The van der Waals surface area contributed by atoms with Gasteiger partial charge in [-0.05, 0) is 37.5 Å². The van der Waals surface area contributed by atoms with Crippen LogP contribution in [0, 0.1) is 6.92 Å². The Kier molecular flexibility index (Phi) is 4.74. The van der Waals surface area contributed by atoms with Crippen LogP contribution in [0.4, 0.5) is 5.69 Å². The van der Waals surface area contributed by atoms with Gasteiger partial charge in [-0.2, -0.15) is 0 Å². The van der Waals surface area contributed by atoms with Gasteiger partial charge in [0.05, 0.1) is 12.1 Å². The van der Waals surface area contributed by atoms with Crippen LogP contribution in [-0.2, 0) is 4.79 Å². The molecule has 1 aliphatic carbocycles. The predicted molar refractivity (Wildman–Crippen MR) is 77.0 cm³/mol. The molecule has 0 bridgehead atoms. The van der Waals surface area contributed by atoms with Crippen LogP contribution >= 0.6 is 0 Å². The van der Waals surface area contributed by atoms with Gasteiger partial charge in [-0.15, -0.1) is 0 Å². The lowest BCUT2D eigenvalue weighted by Gasteiger charge is -2.12. The number of anilines is 1. The van der Waals surface area contributed by atoms with Crippen molar-refractivity contribution in [3.8, 4) is 0 Å². The fourth-order valence-electron chi connectivity index (χ4n) is 2.50. The summed E-state index contributed by atoms with van der Waals surface area (Å²) in [4.78, 5) is 22.8. The van der Waals surface area contributed by atoms with Gasteiger partial charge in [0, 0.05) is 11.7 Å². The molecule has 108 valence electrons. The summed E-state index contributed by atoms with van der Waals surface area (Å²) in [6, 6.07) is 5.34. The summed E-state index contributed by atoms with van der Waals surface area (Å²) in [6.45, 7) is 2.00. The number of rotatable bonds is 5. The van der Waals surface area contributed by atoms with E-state index >= 15 is 0 Å². The van der Waals surface area contributed by atoms with E-state index in [0.717, 1.165) is 12.8 Å². The summed E-state index contributed by atoms with van der Waals surface area (Å²) in [5.74, 6) is -1.13. The zero-order valence-electron chi connectivity index (χ0n) is 11.6. The van der Waals surface area contributed by atoms with Crippen LogP contribution in [0.25, 0.3) is 0 Å². The molecule has 1 aliphatic rings. The van der Waals surface area contributed by atoms with Crippen LogP contribution < -0.4 is 10.6 Å². The molecule has 0 heterocycles. The number of carbonyl (C=O) groups is 2. The van der Waals surface area contributed by atoms with Crippen LogP contribution in [0.2, 0.25) is 0 Å². The highest BCUT2D eigenvalue weighted by atomic mass is 16.4. The van der Waals surface area contributed by atoms with Crippen molar-refractivity contribution >= 4 is 17.6 Å². The van der Waals surface area contributed by atoms with E-state index in [1.165, 1.54) is 18.9 Å². The first-order valence-corrected chi connectivity index (χ1v) is 6.93. The van der Waals surface area contributed by atoms with Gasteiger partial charge in [0.15, 0.2) is 0 Å². The average molecular weight is 276 g/mol. The molecule has 1 aromatic rings. The van der Waals surface area contributed by atoms with Crippen molar-refractivity contribution in [2.45, 2.75) is 38.6 Å². The molecule has 0 atom stereocenters. The van der Waals surface area contributed by atoms with Crippen LogP contribution in [0.3, 0.4) is 0 Å². The molecule has 1 amide bonds. The minimum Gasteiger partial charge on any atom is -0.478 e. The number of hydrogen-bond acceptors (Lipinski definition) is 3. The van der Waals surface area contributed by atoms with Gasteiger partial charge in [-0.25, -0.2) is 4.79 Å². The summed E-state index contributed by atoms with van der Waals surface area (Å²) in [5.41, 5.74) is 1.41. The van der Waals surface area contributed by atoms with Crippen molar-refractivity contribution in [3.63, 3.8) is 0 Å². The molecular formula is C15H20N2O3. The molecule has 5 heteroatoms. The maximum Gasteiger partial charge on any atom is 0.336 e. The van der Waals surface area contributed by atoms with Gasteiger partial charge in [0.25, 0.3) is 0 Å². The zero-order chi connectivity index (χ0) is 14.5. The number of aryl methyl sites for hydroxylation is 1. The second kappa shape index (κ2) is 6.52. The Hall–Kier alpha value is -1.88. The standard InChI is InChI=1S/C15H20N2O3/c1-10-6-7-12(8-13(10)15(19)20)17-14(18)9-16-11-4-2-3-5-11/h6-8,11,16H,2-5,9H2,1H3,(H,17,18)(H,19,20). The maximum atomic E-state index is 11.8. The SMILES string of the molecule is Cc1ccc(NC(=O)CNC2CCCC2)cc1C(=O)O. The van der Waals surface area contributed by atoms with E-state index < -0.39 is 5.97 Å². The van der Waals surface area contributed by atoms with Gasteiger partial charge in [-0.1, -0.05) is 18.9 Å². The zero-order valence-corrected chi connectivity index (χ0v) is 11.6.